The summed E-state index contributed by atoms with van der Waals surface area (Å²) in [5, 5.41) is 9.38. The first-order valence-corrected chi connectivity index (χ1v) is 9.60. The topological polar surface area (TPSA) is 111 Å². The van der Waals surface area contributed by atoms with E-state index in [1.54, 1.807) is 0 Å². The fraction of sp³-hybridized carbons (Fsp3) is 0.722. The van der Waals surface area contributed by atoms with E-state index in [2.05, 4.69) is 20.5 Å². The summed E-state index contributed by atoms with van der Waals surface area (Å²) >= 11 is 0. The van der Waals surface area contributed by atoms with Crippen molar-refractivity contribution in [1.29, 1.82) is 0 Å². The van der Waals surface area contributed by atoms with Gasteiger partial charge in [0.25, 0.3) is 0 Å². The lowest BCUT2D eigenvalue weighted by Crippen LogP contribution is -2.44. The van der Waals surface area contributed by atoms with Gasteiger partial charge >= 0.3 is 0 Å². The standard InChI is InChI=1S/C18H28N6O3/c1-12-20-16(22-21-12)8-17(26)23-6-3-4-14(10-23)15-5-7-24(11-15)18(27)9-19-13(2)25/h14-15H,3-11H2,1-2H3,(H,19,25)(H,20,21,22). The van der Waals surface area contributed by atoms with Crippen molar-refractivity contribution in [1.82, 2.24) is 30.3 Å². The van der Waals surface area contributed by atoms with E-state index in [1.165, 1.54) is 6.92 Å². The van der Waals surface area contributed by atoms with Crippen molar-refractivity contribution < 1.29 is 14.4 Å². The van der Waals surface area contributed by atoms with Gasteiger partial charge in [0.2, 0.25) is 17.7 Å². The van der Waals surface area contributed by atoms with Crippen LogP contribution in [0.5, 0.6) is 0 Å². The van der Waals surface area contributed by atoms with Crippen molar-refractivity contribution in [2.75, 3.05) is 32.7 Å². The van der Waals surface area contributed by atoms with Crippen LogP contribution in [0.4, 0.5) is 0 Å². The lowest BCUT2D eigenvalue weighted by molar-refractivity contribution is -0.133. The lowest BCUT2D eigenvalue weighted by atomic mass is 9.85. The number of aromatic amines is 1. The smallest absolute Gasteiger partial charge is 0.241 e. The summed E-state index contributed by atoms with van der Waals surface area (Å²) in [4.78, 5) is 43.7. The maximum atomic E-state index is 12.6. The van der Waals surface area contributed by atoms with E-state index in [9.17, 15) is 14.4 Å². The molecule has 2 aliphatic heterocycles. The molecule has 2 saturated heterocycles. The lowest BCUT2D eigenvalue weighted by Gasteiger charge is -2.35. The van der Waals surface area contributed by atoms with Gasteiger partial charge in [-0.2, -0.15) is 5.10 Å². The molecule has 2 atom stereocenters. The number of rotatable bonds is 5. The van der Waals surface area contributed by atoms with Crippen LogP contribution in [-0.4, -0.2) is 75.4 Å². The Labute approximate surface area is 158 Å². The Morgan fingerprint density at radius 3 is 2.48 bits per heavy atom. The predicted molar refractivity (Wildman–Crippen MR) is 97.5 cm³/mol. The van der Waals surface area contributed by atoms with Crippen LogP contribution in [0.15, 0.2) is 0 Å². The van der Waals surface area contributed by atoms with Crippen LogP contribution in [0, 0.1) is 18.8 Å². The Morgan fingerprint density at radius 1 is 1.11 bits per heavy atom. The maximum Gasteiger partial charge on any atom is 0.241 e. The number of H-pyrrole nitrogens is 1. The normalized spacial score (nSPS) is 22.7. The van der Waals surface area contributed by atoms with Crippen molar-refractivity contribution in [3.63, 3.8) is 0 Å². The molecule has 9 nitrogen and oxygen atoms in total. The van der Waals surface area contributed by atoms with Crippen molar-refractivity contribution >= 4 is 17.7 Å². The number of carbonyl (C=O) groups is 3. The van der Waals surface area contributed by atoms with Gasteiger partial charge in [-0.3, -0.25) is 19.5 Å². The molecule has 1 aromatic heterocycles. The third-order valence-electron chi connectivity index (χ3n) is 5.50. The molecule has 3 amide bonds. The monoisotopic (exact) mass is 376 g/mol. The minimum Gasteiger partial charge on any atom is -0.347 e. The van der Waals surface area contributed by atoms with Crippen LogP contribution >= 0.6 is 0 Å². The van der Waals surface area contributed by atoms with Gasteiger partial charge in [0.15, 0.2) is 5.82 Å². The molecule has 27 heavy (non-hydrogen) atoms. The third kappa shape index (κ3) is 5.05. The van der Waals surface area contributed by atoms with E-state index in [4.69, 9.17) is 0 Å². The molecule has 3 rings (SSSR count). The number of aromatic nitrogens is 3. The number of nitrogens with zero attached hydrogens (tertiary/aromatic N) is 4. The fourth-order valence-corrected chi connectivity index (χ4v) is 4.05. The first-order valence-electron chi connectivity index (χ1n) is 9.60. The quantitative estimate of drug-likeness (QED) is 0.744. The van der Waals surface area contributed by atoms with Crippen molar-refractivity contribution in [2.45, 2.75) is 39.5 Å². The first kappa shape index (κ1) is 19.3. The minimum absolute atomic E-state index is 0.0311. The summed E-state index contributed by atoms with van der Waals surface area (Å²) in [6.45, 7) is 6.24. The van der Waals surface area contributed by atoms with Gasteiger partial charge in [0.05, 0.1) is 13.0 Å². The summed E-state index contributed by atoms with van der Waals surface area (Å²) in [5.41, 5.74) is 0. The van der Waals surface area contributed by atoms with E-state index in [-0.39, 0.29) is 30.7 Å². The molecule has 0 saturated carbocycles. The highest BCUT2D eigenvalue weighted by Crippen LogP contribution is 2.31. The van der Waals surface area contributed by atoms with Crippen LogP contribution < -0.4 is 5.32 Å². The number of likely N-dealkylation sites (tertiary alicyclic amines) is 2. The maximum absolute atomic E-state index is 12.6. The Morgan fingerprint density at radius 2 is 1.81 bits per heavy atom. The number of carbonyl (C=O) groups excluding carboxylic acids is 3. The van der Waals surface area contributed by atoms with E-state index >= 15 is 0 Å². The largest absolute Gasteiger partial charge is 0.347 e. The molecule has 1 aromatic rings. The van der Waals surface area contributed by atoms with Crippen molar-refractivity contribution in [3.8, 4) is 0 Å². The highest BCUT2D eigenvalue weighted by Gasteiger charge is 2.35. The highest BCUT2D eigenvalue weighted by atomic mass is 16.2. The SMILES string of the molecule is CC(=O)NCC(=O)N1CCC(C2CCCN(C(=O)Cc3n[nH]c(C)n3)C2)C1. The number of hydrogen-bond acceptors (Lipinski definition) is 5. The Bertz CT molecular complexity index is 703. The van der Waals surface area contributed by atoms with Crippen molar-refractivity contribution in [2.24, 2.45) is 11.8 Å². The molecule has 0 spiro atoms. The summed E-state index contributed by atoms with van der Waals surface area (Å²) < 4.78 is 0. The Balaban J connectivity index is 1.50. The van der Waals surface area contributed by atoms with Crippen LogP contribution in [0.25, 0.3) is 0 Å². The zero-order valence-corrected chi connectivity index (χ0v) is 16.0. The molecule has 2 unspecified atom stereocenters. The first-order chi connectivity index (χ1) is 12.9. The van der Waals surface area contributed by atoms with E-state index in [0.717, 1.165) is 38.9 Å². The molecular weight excluding hydrogens is 348 g/mol. The zero-order valence-electron chi connectivity index (χ0n) is 16.0. The number of aryl methyl sites for hydroxylation is 1. The summed E-state index contributed by atoms with van der Waals surface area (Å²) in [5.74, 6) is 1.91. The molecule has 2 N–H and O–H groups in total. The summed E-state index contributed by atoms with van der Waals surface area (Å²) in [7, 11) is 0. The minimum atomic E-state index is -0.192. The average Bonchev–Trinajstić information content (AvgIpc) is 3.29. The highest BCUT2D eigenvalue weighted by molar-refractivity contribution is 5.83. The van der Waals surface area contributed by atoms with Gasteiger partial charge < -0.3 is 15.1 Å². The molecule has 0 radical (unpaired) electrons. The Hall–Kier alpha value is -2.45. The van der Waals surface area contributed by atoms with Gasteiger partial charge in [0, 0.05) is 33.1 Å². The molecule has 0 aromatic carbocycles. The molecule has 0 bridgehead atoms. The zero-order chi connectivity index (χ0) is 19.4. The van der Waals surface area contributed by atoms with Gasteiger partial charge in [-0.15, -0.1) is 0 Å². The number of amides is 3. The average molecular weight is 376 g/mol. The second kappa shape index (κ2) is 8.49. The summed E-state index contributed by atoms with van der Waals surface area (Å²) in [6, 6.07) is 0. The van der Waals surface area contributed by atoms with Crippen molar-refractivity contribution in [3.05, 3.63) is 11.6 Å². The van der Waals surface area contributed by atoms with E-state index in [1.807, 2.05) is 16.7 Å². The molecule has 3 heterocycles. The van der Waals surface area contributed by atoms with Gasteiger partial charge in [-0.25, -0.2) is 4.98 Å². The molecule has 148 valence electrons. The fourth-order valence-electron chi connectivity index (χ4n) is 4.05. The molecule has 9 heteroatoms. The van der Waals surface area contributed by atoms with Gasteiger partial charge in [-0.1, -0.05) is 0 Å². The predicted octanol–water partition coefficient (Wildman–Crippen LogP) is -0.121. The van der Waals surface area contributed by atoms with Crippen LogP contribution in [-0.2, 0) is 20.8 Å². The summed E-state index contributed by atoms with van der Waals surface area (Å²) in [6.07, 6.45) is 3.25. The molecular formula is C18H28N6O3. The third-order valence-corrected chi connectivity index (χ3v) is 5.50. The second-order valence-electron chi connectivity index (χ2n) is 7.55. The van der Waals surface area contributed by atoms with Crippen LogP contribution in [0.1, 0.15) is 37.8 Å². The second-order valence-corrected chi connectivity index (χ2v) is 7.55. The Kier molecular flexibility index (Phi) is 6.08. The van der Waals surface area contributed by atoms with E-state index < -0.39 is 0 Å². The number of piperidine rings is 1. The number of hydrogen-bond donors (Lipinski definition) is 2. The van der Waals surface area contributed by atoms with Gasteiger partial charge in [0.1, 0.15) is 5.82 Å². The van der Waals surface area contributed by atoms with Crippen LogP contribution in [0.2, 0.25) is 0 Å². The van der Waals surface area contributed by atoms with E-state index in [0.29, 0.717) is 30.0 Å². The number of nitrogens with one attached hydrogen (secondary N) is 2. The van der Waals surface area contributed by atoms with Crippen LogP contribution in [0.3, 0.4) is 0 Å². The van der Waals surface area contributed by atoms with Gasteiger partial charge in [-0.05, 0) is 38.0 Å². The molecule has 2 fully saturated rings. The molecule has 0 aliphatic carbocycles. The molecule has 2 aliphatic rings.